The average molecular weight is 392 g/mol. The van der Waals surface area contributed by atoms with Crippen LogP contribution in [-0.4, -0.2) is 36.8 Å². The normalized spacial score (nSPS) is 13.2. The molecule has 10 nitrogen and oxygen atoms in total. The predicted molar refractivity (Wildman–Crippen MR) is 106 cm³/mol. The molecule has 2 aromatic heterocycles. The molecule has 10 heteroatoms. The van der Waals surface area contributed by atoms with Crippen molar-refractivity contribution in [1.29, 1.82) is 0 Å². The third kappa shape index (κ3) is 3.91. The van der Waals surface area contributed by atoms with Gasteiger partial charge in [0.05, 0.1) is 5.69 Å². The highest BCUT2D eigenvalue weighted by molar-refractivity contribution is 5.99. The van der Waals surface area contributed by atoms with Gasteiger partial charge in [0.25, 0.3) is 5.91 Å². The fourth-order valence-corrected chi connectivity index (χ4v) is 2.92. The maximum absolute atomic E-state index is 12.0. The van der Waals surface area contributed by atoms with Crippen LogP contribution in [0.2, 0.25) is 0 Å². The number of nitrogens with zero attached hydrogens (tertiary/aromatic N) is 5. The van der Waals surface area contributed by atoms with Crippen LogP contribution in [0.15, 0.2) is 30.6 Å². The number of carbonyl (C=O) groups excluding carboxylic acids is 2. The van der Waals surface area contributed by atoms with E-state index in [4.69, 9.17) is 5.73 Å². The first kappa shape index (κ1) is 18.5. The number of hydrogen-bond acceptors (Lipinski definition) is 7. The van der Waals surface area contributed by atoms with Gasteiger partial charge in [-0.05, 0) is 31.4 Å². The van der Waals surface area contributed by atoms with Crippen molar-refractivity contribution >= 4 is 29.0 Å². The molecule has 4 N–H and O–H groups in total. The van der Waals surface area contributed by atoms with E-state index in [-0.39, 0.29) is 23.3 Å². The van der Waals surface area contributed by atoms with Crippen LogP contribution in [-0.2, 0) is 11.8 Å². The summed E-state index contributed by atoms with van der Waals surface area (Å²) >= 11 is 0. The summed E-state index contributed by atoms with van der Waals surface area (Å²) in [4.78, 5) is 28.1. The van der Waals surface area contributed by atoms with Crippen molar-refractivity contribution < 1.29 is 9.59 Å². The van der Waals surface area contributed by atoms with Gasteiger partial charge in [-0.1, -0.05) is 12.1 Å². The molecule has 1 aliphatic rings. The van der Waals surface area contributed by atoms with Crippen molar-refractivity contribution in [3.8, 4) is 11.4 Å². The molecule has 0 atom stereocenters. The van der Waals surface area contributed by atoms with Gasteiger partial charge in [0.15, 0.2) is 17.3 Å². The number of rotatable bonds is 6. The molecule has 2 heterocycles. The predicted octanol–water partition coefficient (Wildman–Crippen LogP) is 1.77. The monoisotopic (exact) mass is 392 g/mol. The number of anilines is 3. The number of primary amides is 1. The summed E-state index contributed by atoms with van der Waals surface area (Å²) in [5, 5.41) is 18.0. The second-order valence-electron chi connectivity index (χ2n) is 6.96. The minimum Gasteiger partial charge on any atom is -0.364 e. The summed E-state index contributed by atoms with van der Waals surface area (Å²) in [6.45, 7) is 1.92. The van der Waals surface area contributed by atoms with Crippen molar-refractivity contribution in [3.05, 3.63) is 41.9 Å². The van der Waals surface area contributed by atoms with Gasteiger partial charge in [-0.2, -0.15) is 5.10 Å². The Morgan fingerprint density at radius 1 is 1.21 bits per heavy atom. The molecule has 0 unspecified atom stereocenters. The van der Waals surface area contributed by atoms with Crippen LogP contribution >= 0.6 is 0 Å². The molecule has 0 radical (unpaired) electrons. The molecular weight excluding hydrogens is 372 g/mol. The third-order valence-electron chi connectivity index (χ3n) is 4.67. The molecule has 4 rings (SSSR count). The van der Waals surface area contributed by atoms with Crippen molar-refractivity contribution in [2.45, 2.75) is 19.8 Å². The first-order valence-corrected chi connectivity index (χ1v) is 9.13. The number of aromatic nitrogens is 5. The highest BCUT2D eigenvalue weighted by Gasteiger charge is 2.30. The van der Waals surface area contributed by atoms with Crippen LogP contribution in [0, 0.1) is 12.8 Å². The van der Waals surface area contributed by atoms with Gasteiger partial charge in [0, 0.05) is 30.3 Å². The average Bonchev–Trinajstić information content (AvgIpc) is 3.45. The zero-order chi connectivity index (χ0) is 20.5. The van der Waals surface area contributed by atoms with E-state index in [0.717, 1.165) is 29.7 Å². The van der Waals surface area contributed by atoms with E-state index in [1.807, 2.05) is 25.1 Å². The summed E-state index contributed by atoms with van der Waals surface area (Å²) in [6.07, 6.45) is 3.37. The van der Waals surface area contributed by atoms with Crippen LogP contribution < -0.4 is 16.4 Å². The Kier molecular flexibility index (Phi) is 4.67. The molecule has 0 aliphatic heterocycles. The second-order valence-corrected chi connectivity index (χ2v) is 6.96. The zero-order valence-electron chi connectivity index (χ0n) is 16.0. The fourth-order valence-electron chi connectivity index (χ4n) is 2.92. The van der Waals surface area contributed by atoms with Crippen LogP contribution in [0.25, 0.3) is 11.4 Å². The van der Waals surface area contributed by atoms with Crippen LogP contribution in [0.4, 0.5) is 17.2 Å². The molecule has 0 bridgehead atoms. The molecule has 1 aliphatic carbocycles. The summed E-state index contributed by atoms with van der Waals surface area (Å²) < 4.78 is 1.63. The Morgan fingerprint density at radius 3 is 2.66 bits per heavy atom. The minimum atomic E-state index is -0.722. The molecule has 1 aromatic carbocycles. The van der Waals surface area contributed by atoms with Gasteiger partial charge in [-0.15, -0.1) is 10.2 Å². The van der Waals surface area contributed by atoms with Gasteiger partial charge in [-0.3, -0.25) is 14.3 Å². The lowest BCUT2D eigenvalue weighted by molar-refractivity contribution is -0.117. The first-order valence-electron chi connectivity index (χ1n) is 9.13. The van der Waals surface area contributed by atoms with E-state index in [1.165, 1.54) is 0 Å². The lowest BCUT2D eigenvalue weighted by Gasteiger charge is -2.14. The SMILES string of the molecule is Cc1c(Nc2cc(NC(=O)C3CC3)nnc2C(N)=O)cccc1-c1ncn(C)n1. The molecule has 148 valence electrons. The van der Waals surface area contributed by atoms with E-state index in [9.17, 15) is 9.59 Å². The smallest absolute Gasteiger partial charge is 0.271 e. The van der Waals surface area contributed by atoms with Crippen molar-refractivity contribution in [2.24, 2.45) is 18.7 Å². The Bertz CT molecular complexity index is 1100. The van der Waals surface area contributed by atoms with E-state index >= 15 is 0 Å². The van der Waals surface area contributed by atoms with Gasteiger partial charge in [-0.25, -0.2) is 4.98 Å². The molecular formula is C19H20N8O2. The van der Waals surface area contributed by atoms with Crippen LogP contribution in [0.5, 0.6) is 0 Å². The number of hydrogen-bond donors (Lipinski definition) is 3. The standard InChI is InChI=1S/C19H20N8O2/c1-10-12(18-21-9-27(2)26-18)4-3-5-13(10)22-14-8-15(23-19(29)11-6-7-11)24-25-16(14)17(20)28/h3-5,8-9,11H,6-7H2,1-2H3,(H2,20,28)(H2,22,23,24,29). The van der Waals surface area contributed by atoms with Crippen LogP contribution in [0.1, 0.15) is 28.9 Å². The highest BCUT2D eigenvalue weighted by atomic mass is 16.2. The molecule has 0 spiro atoms. The summed E-state index contributed by atoms with van der Waals surface area (Å²) in [7, 11) is 1.80. The second kappa shape index (κ2) is 7.30. The number of nitrogens with one attached hydrogen (secondary N) is 2. The molecule has 1 saturated carbocycles. The quantitative estimate of drug-likeness (QED) is 0.580. The number of nitrogens with two attached hydrogens (primary N) is 1. The molecule has 1 fully saturated rings. The van der Waals surface area contributed by atoms with E-state index < -0.39 is 5.91 Å². The fraction of sp³-hybridized carbons (Fsp3) is 0.263. The first-order chi connectivity index (χ1) is 13.9. The topological polar surface area (TPSA) is 141 Å². The molecule has 3 aromatic rings. The van der Waals surface area contributed by atoms with Gasteiger partial charge >= 0.3 is 0 Å². The summed E-state index contributed by atoms with van der Waals surface area (Å²) in [5.41, 5.74) is 8.24. The van der Waals surface area contributed by atoms with Gasteiger partial charge in [0.1, 0.15) is 6.33 Å². The highest BCUT2D eigenvalue weighted by Crippen LogP contribution is 2.32. The molecule has 2 amide bonds. The maximum Gasteiger partial charge on any atom is 0.271 e. The van der Waals surface area contributed by atoms with Crippen LogP contribution in [0.3, 0.4) is 0 Å². The van der Waals surface area contributed by atoms with Crippen molar-refractivity contribution in [3.63, 3.8) is 0 Å². The van der Waals surface area contributed by atoms with E-state index in [0.29, 0.717) is 11.5 Å². The lowest BCUT2D eigenvalue weighted by atomic mass is 10.1. The summed E-state index contributed by atoms with van der Waals surface area (Å²) in [5.74, 6) is 0.0502. The molecule has 0 saturated heterocycles. The van der Waals surface area contributed by atoms with E-state index in [1.54, 1.807) is 24.1 Å². The maximum atomic E-state index is 12.0. The third-order valence-corrected chi connectivity index (χ3v) is 4.67. The Balaban J connectivity index is 1.67. The number of amides is 2. The van der Waals surface area contributed by atoms with Crippen molar-refractivity contribution in [2.75, 3.05) is 10.6 Å². The minimum absolute atomic E-state index is 0.0183. The van der Waals surface area contributed by atoms with E-state index in [2.05, 4.69) is 30.9 Å². The Hall–Kier alpha value is -3.82. The van der Waals surface area contributed by atoms with Gasteiger partial charge < -0.3 is 16.4 Å². The lowest BCUT2D eigenvalue weighted by Crippen LogP contribution is -2.19. The Labute approximate surface area is 166 Å². The number of aryl methyl sites for hydroxylation is 1. The summed E-state index contributed by atoms with van der Waals surface area (Å²) in [6, 6.07) is 7.18. The molecule has 29 heavy (non-hydrogen) atoms. The van der Waals surface area contributed by atoms with Crippen molar-refractivity contribution in [1.82, 2.24) is 25.0 Å². The zero-order valence-corrected chi connectivity index (χ0v) is 16.0. The number of benzene rings is 1. The number of carbonyl (C=O) groups is 2. The largest absolute Gasteiger partial charge is 0.364 e. The Morgan fingerprint density at radius 2 is 2.00 bits per heavy atom. The van der Waals surface area contributed by atoms with Gasteiger partial charge in [0.2, 0.25) is 5.91 Å².